The fourth-order valence-electron chi connectivity index (χ4n) is 2.58. The summed E-state index contributed by atoms with van der Waals surface area (Å²) in [6.07, 6.45) is 0.939. The Balaban J connectivity index is 2.12. The topological polar surface area (TPSA) is 38.3 Å². The minimum Gasteiger partial charge on any atom is -0.380 e. The van der Waals surface area contributed by atoms with Crippen molar-refractivity contribution < 1.29 is 8.95 Å². The molecule has 1 fully saturated rings. The molecule has 1 aliphatic rings. The number of hydrogen-bond donors (Lipinski definition) is 1. The highest BCUT2D eigenvalue weighted by atomic mass is 32.2. The zero-order valence-corrected chi connectivity index (χ0v) is 13.4. The van der Waals surface area contributed by atoms with Crippen LogP contribution in [-0.2, 0) is 15.5 Å². The Morgan fingerprint density at radius 2 is 2.05 bits per heavy atom. The predicted molar refractivity (Wildman–Crippen MR) is 83.6 cm³/mol. The molecule has 1 aliphatic heterocycles. The molecule has 0 spiro atoms. The van der Waals surface area contributed by atoms with Crippen molar-refractivity contribution in [2.24, 2.45) is 0 Å². The van der Waals surface area contributed by atoms with E-state index in [1.54, 1.807) is 0 Å². The lowest BCUT2D eigenvalue weighted by Crippen LogP contribution is -2.48. The SMILES string of the molecule is CCNC1CCOCC1S(=O)c1ccc(C(C)C)cc1. The van der Waals surface area contributed by atoms with Gasteiger partial charge >= 0.3 is 0 Å². The van der Waals surface area contributed by atoms with Gasteiger partial charge < -0.3 is 10.1 Å². The van der Waals surface area contributed by atoms with E-state index < -0.39 is 10.8 Å². The van der Waals surface area contributed by atoms with Gasteiger partial charge in [-0.25, -0.2) is 0 Å². The zero-order valence-electron chi connectivity index (χ0n) is 12.6. The predicted octanol–water partition coefficient (Wildman–Crippen LogP) is 2.68. The molecule has 3 atom stereocenters. The Hall–Kier alpha value is -0.710. The summed E-state index contributed by atoms with van der Waals surface area (Å²) in [6.45, 7) is 8.68. The molecular weight excluding hydrogens is 270 g/mol. The van der Waals surface area contributed by atoms with Gasteiger partial charge in [0.05, 0.1) is 22.7 Å². The summed E-state index contributed by atoms with van der Waals surface area (Å²) in [4.78, 5) is 0.910. The van der Waals surface area contributed by atoms with Crippen molar-refractivity contribution in [3.05, 3.63) is 29.8 Å². The molecule has 3 nitrogen and oxygen atoms in total. The van der Waals surface area contributed by atoms with Crippen molar-refractivity contribution in [2.45, 2.75) is 49.3 Å². The van der Waals surface area contributed by atoms with Gasteiger partial charge in [0, 0.05) is 17.5 Å². The van der Waals surface area contributed by atoms with Crippen LogP contribution < -0.4 is 5.32 Å². The Kier molecular flexibility index (Phi) is 5.75. The average Bonchev–Trinajstić information content (AvgIpc) is 2.47. The lowest BCUT2D eigenvalue weighted by Gasteiger charge is -2.31. The first-order valence-electron chi connectivity index (χ1n) is 7.45. The molecule has 4 heteroatoms. The second-order valence-corrected chi connectivity index (χ2v) is 7.26. The Morgan fingerprint density at radius 3 is 2.65 bits per heavy atom. The molecule has 112 valence electrons. The van der Waals surface area contributed by atoms with Crippen LogP contribution in [-0.4, -0.2) is 35.3 Å². The summed E-state index contributed by atoms with van der Waals surface area (Å²) in [5.41, 5.74) is 1.29. The van der Waals surface area contributed by atoms with E-state index in [-0.39, 0.29) is 5.25 Å². The molecule has 0 amide bonds. The highest BCUT2D eigenvalue weighted by Gasteiger charge is 2.30. The van der Waals surface area contributed by atoms with E-state index in [2.05, 4.69) is 38.2 Å². The van der Waals surface area contributed by atoms with Crippen molar-refractivity contribution in [3.63, 3.8) is 0 Å². The van der Waals surface area contributed by atoms with Crippen LogP contribution in [0, 0.1) is 0 Å². The van der Waals surface area contributed by atoms with Crippen molar-refractivity contribution in [3.8, 4) is 0 Å². The molecule has 3 unspecified atom stereocenters. The standard InChI is InChI=1S/C16H25NO2S/c1-4-17-15-9-10-19-11-16(15)20(18)14-7-5-13(6-8-14)12(2)3/h5-8,12,15-17H,4,9-11H2,1-3H3. The third kappa shape index (κ3) is 3.68. The molecule has 0 saturated carbocycles. The largest absolute Gasteiger partial charge is 0.380 e. The van der Waals surface area contributed by atoms with Crippen LogP contribution in [0.5, 0.6) is 0 Å². The molecule has 1 saturated heterocycles. The molecule has 0 aliphatic carbocycles. The molecule has 0 bridgehead atoms. The fourth-order valence-corrected chi connectivity index (χ4v) is 4.08. The van der Waals surface area contributed by atoms with Crippen LogP contribution in [0.1, 0.15) is 38.7 Å². The molecule has 1 aromatic rings. The van der Waals surface area contributed by atoms with E-state index in [1.807, 2.05) is 12.1 Å². The van der Waals surface area contributed by atoms with Gasteiger partial charge in [0.15, 0.2) is 0 Å². The summed E-state index contributed by atoms with van der Waals surface area (Å²) in [5.74, 6) is 0.505. The Morgan fingerprint density at radius 1 is 1.35 bits per heavy atom. The van der Waals surface area contributed by atoms with Crippen LogP contribution in [0.2, 0.25) is 0 Å². The summed E-state index contributed by atoms with van der Waals surface area (Å²) >= 11 is 0. The van der Waals surface area contributed by atoms with Gasteiger partial charge in [-0.2, -0.15) is 0 Å². The highest BCUT2D eigenvalue weighted by Crippen LogP contribution is 2.22. The molecule has 0 aromatic heterocycles. The first-order valence-corrected chi connectivity index (χ1v) is 8.66. The lowest BCUT2D eigenvalue weighted by atomic mass is 10.0. The van der Waals surface area contributed by atoms with E-state index >= 15 is 0 Å². The molecule has 1 aromatic carbocycles. The van der Waals surface area contributed by atoms with Crippen molar-refractivity contribution in [1.29, 1.82) is 0 Å². The number of nitrogens with one attached hydrogen (secondary N) is 1. The van der Waals surface area contributed by atoms with Crippen LogP contribution in [0.25, 0.3) is 0 Å². The van der Waals surface area contributed by atoms with E-state index in [9.17, 15) is 4.21 Å². The highest BCUT2D eigenvalue weighted by molar-refractivity contribution is 7.85. The maximum absolute atomic E-state index is 12.8. The first kappa shape index (κ1) is 15.7. The normalized spacial score (nSPS) is 24.8. The summed E-state index contributed by atoms with van der Waals surface area (Å²) in [5, 5.41) is 3.49. The van der Waals surface area contributed by atoms with Crippen LogP contribution in [0.4, 0.5) is 0 Å². The third-order valence-corrected chi connectivity index (χ3v) is 5.58. The first-order chi connectivity index (χ1) is 9.63. The summed E-state index contributed by atoms with van der Waals surface area (Å²) in [6, 6.07) is 8.47. The van der Waals surface area contributed by atoms with E-state index in [1.165, 1.54) is 5.56 Å². The zero-order chi connectivity index (χ0) is 14.5. The van der Waals surface area contributed by atoms with Crippen molar-refractivity contribution in [1.82, 2.24) is 5.32 Å². The fraction of sp³-hybridized carbons (Fsp3) is 0.625. The van der Waals surface area contributed by atoms with Gasteiger partial charge in [0.1, 0.15) is 0 Å². The molecule has 1 heterocycles. The Labute approximate surface area is 124 Å². The van der Waals surface area contributed by atoms with Crippen molar-refractivity contribution >= 4 is 10.8 Å². The van der Waals surface area contributed by atoms with Crippen molar-refractivity contribution in [2.75, 3.05) is 19.8 Å². The minimum absolute atomic E-state index is 0.0496. The Bertz CT molecular complexity index is 442. The average molecular weight is 295 g/mol. The molecule has 2 rings (SSSR count). The maximum Gasteiger partial charge on any atom is 0.0782 e. The van der Waals surface area contributed by atoms with E-state index in [0.717, 1.165) is 24.5 Å². The number of ether oxygens (including phenoxy) is 1. The minimum atomic E-state index is -1.01. The van der Waals surface area contributed by atoms with Crippen LogP contribution in [0.15, 0.2) is 29.2 Å². The number of rotatable bonds is 5. The maximum atomic E-state index is 12.8. The molecular formula is C16H25NO2S. The number of hydrogen-bond acceptors (Lipinski definition) is 3. The van der Waals surface area contributed by atoms with E-state index in [4.69, 9.17) is 4.74 Å². The quantitative estimate of drug-likeness (QED) is 0.907. The summed E-state index contributed by atoms with van der Waals surface area (Å²) in [7, 11) is -1.01. The van der Waals surface area contributed by atoms with E-state index in [0.29, 0.717) is 18.6 Å². The molecule has 20 heavy (non-hydrogen) atoms. The summed E-state index contributed by atoms with van der Waals surface area (Å²) < 4.78 is 18.3. The monoisotopic (exact) mass is 295 g/mol. The van der Waals surface area contributed by atoms with Crippen LogP contribution >= 0.6 is 0 Å². The van der Waals surface area contributed by atoms with Gasteiger partial charge in [-0.1, -0.05) is 32.9 Å². The lowest BCUT2D eigenvalue weighted by molar-refractivity contribution is 0.0824. The van der Waals surface area contributed by atoms with Gasteiger partial charge in [-0.05, 0) is 36.6 Å². The second kappa shape index (κ2) is 7.34. The smallest absolute Gasteiger partial charge is 0.0782 e. The van der Waals surface area contributed by atoms with Gasteiger partial charge in [-0.15, -0.1) is 0 Å². The number of benzene rings is 1. The van der Waals surface area contributed by atoms with Gasteiger partial charge in [0.25, 0.3) is 0 Å². The van der Waals surface area contributed by atoms with Gasteiger partial charge in [0.2, 0.25) is 0 Å². The van der Waals surface area contributed by atoms with Crippen LogP contribution in [0.3, 0.4) is 0 Å². The second-order valence-electron chi connectivity index (χ2n) is 5.59. The van der Waals surface area contributed by atoms with Gasteiger partial charge in [-0.3, -0.25) is 4.21 Å². The molecule has 0 radical (unpaired) electrons. The third-order valence-electron chi connectivity index (χ3n) is 3.82. The molecule has 1 N–H and O–H groups in total.